The van der Waals surface area contributed by atoms with Crippen LogP contribution in [-0.2, 0) is 24.7 Å². The van der Waals surface area contributed by atoms with E-state index in [0.717, 1.165) is 12.0 Å². The molecule has 0 saturated heterocycles. The fraction of sp³-hybridized carbons (Fsp3) is 0.353. The van der Waals surface area contributed by atoms with E-state index in [1.54, 1.807) is 0 Å². The minimum absolute atomic E-state index is 0.0302. The number of nitrogens with one attached hydrogen (secondary N) is 1. The maximum Gasteiger partial charge on any atom is 0.224 e. The highest BCUT2D eigenvalue weighted by atomic mass is 35.5. The van der Waals surface area contributed by atoms with E-state index in [2.05, 4.69) is 36.8 Å². The molecular weight excluding hydrogens is 284 g/mol. The van der Waals surface area contributed by atoms with E-state index < -0.39 is 0 Å². The number of hydrogen-bond donors (Lipinski definition) is 1. The van der Waals surface area contributed by atoms with Crippen LogP contribution in [0.1, 0.15) is 22.5 Å². The first-order chi connectivity index (χ1) is 9.97. The molecule has 0 radical (unpaired) electrons. The number of benzene rings is 1. The van der Waals surface area contributed by atoms with E-state index >= 15 is 0 Å². The van der Waals surface area contributed by atoms with Crippen LogP contribution in [0, 0.1) is 13.8 Å². The first-order valence-corrected chi connectivity index (χ1v) is 7.48. The molecular formula is C17H21ClN2O. The maximum atomic E-state index is 11.9. The van der Waals surface area contributed by atoms with Gasteiger partial charge in [-0.25, -0.2) is 0 Å². The molecule has 0 fully saturated rings. The highest BCUT2D eigenvalue weighted by molar-refractivity contribution is 6.30. The van der Waals surface area contributed by atoms with E-state index in [9.17, 15) is 4.79 Å². The zero-order chi connectivity index (χ0) is 15.4. The van der Waals surface area contributed by atoms with Crippen LogP contribution < -0.4 is 5.32 Å². The number of rotatable bonds is 5. The van der Waals surface area contributed by atoms with Gasteiger partial charge < -0.3 is 9.88 Å². The van der Waals surface area contributed by atoms with Crippen LogP contribution >= 0.6 is 11.6 Å². The van der Waals surface area contributed by atoms with Crippen LogP contribution in [0.4, 0.5) is 0 Å². The fourth-order valence-electron chi connectivity index (χ4n) is 2.42. The Labute approximate surface area is 130 Å². The zero-order valence-electron chi connectivity index (χ0n) is 12.7. The summed E-state index contributed by atoms with van der Waals surface area (Å²) < 4.78 is 2.17. The SMILES string of the molecule is Cc1cc(CCNC(=O)Cc2cccc(Cl)c2)c(C)n1C. The van der Waals surface area contributed by atoms with Crippen molar-refractivity contribution in [3.05, 3.63) is 57.9 Å². The van der Waals surface area contributed by atoms with Crippen LogP contribution in [0.5, 0.6) is 0 Å². The van der Waals surface area contributed by atoms with Crippen molar-refractivity contribution in [1.29, 1.82) is 0 Å². The molecule has 4 heteroatoms. The number of amides is 1. The van der Waals surface area contributed by atoms with Crippen LogP contribution in [0.2, 0.25) is 5.02 Å². The second-order valence-electron chi connectivity index (χ2n) is 5.36. The lowest BCUT2D eigenvalue weighted by Crippen LogP contribution is -2.27. The molecule has 0 aliphatic heterocycles. The van der Waals surface area contributed by atoms with Crippen LogP contribution in [-0.4, -0.2) is 17.0 Å². The summed E-state index contributed by atoms with van der Waals surface area (Å²) in [5.41, 5.74) is 4.73. The predicted octanol–water partition coefficient (Wildman–Crippen LogP) is 3.20. The highest BCUT2D eigenvalue weighted by Gasteiger charge is 2.07. The summed E-state index contributed by atoms with van der Waals surface area (Å²) in [6.45, 7) is 4.86. The first kappa shape index (κ1) is 15.6. The van der Waals surface area contributed by atoms with Crippen molar-refractivity contribution in [2.75, 3.05) is 6.54 Å². The molecule has 0 bridgehead atoms. The van der Waals surface area contributed by atoms with Crippen molar-refractivity contribution in [1.82, 2.24) is 9.88 Å². The fourth-order valence-corrected chi connectivity index (χ4v) is 2.63. The normalized spacial score (nSPS) is 10.7. The van der Waals surface area contributed by atoms with E-state index in [1.807, 2.05) is 24.3 Å². The quantitative estimate of drug-likeness (QED) is 0.904. The summed E-state index contributed by atoms with van der Waals surface area (Å²) in [4.78, 5) is 11.9. The van der Waals surface area contributed by atoms with Gasteiger partial charge in [-0.3, -0.25) is 4.79 Å². The molecule has 0 unspecified atom stereocenters. The van der Waals surface area contributed by atoms with Gasteiger partial charge in [0, 0.05) is 30.0 Å². The van der Waals surface area contributed by atoms with Gasteiger partial charge in [-0.15, -0.1) is 0 Å². The van der Waals surface area contributed by atoms with Crippen LogP contribution in [0.3, 0.4) is 0 Å². The molecule has 0 aliphatic carbocycles. The molecule has 0 aliphatic rings. The highest BCUT2D eigenvalue weighted by Crippen LogP contribution is 2.13. The number of halogens is 1. The molecule has 1 aromatic heterocycles. The van der Waals surface area contributed by atoms with Gasteiger partial charge in [-0.2, -0.15) is 0 Å². The lowest BCUT2D eigenvalue weighted by molar-refractivity contribution is -0.120. The van der Waals surface area contributed by atoms with Crippen molar-refractivity contribution in [2.45, 2.75) is 26.7 Å². The summed E-state index contributed by atoms with van der Waals surface area (Å²) in [7, 11) is 2.06. The summed E-state index contributed by atoms with van der Waals surface area (Å²) in [6, 6.07) is 9.59. The molecule has 1 N–H and O–H groups in total. The molecule has 1 aromatic carbocycles. The molecule has 0 atom stereocenters. The third-order valence-corrected chi connectivity index (χ3v) is 4.09. The minimum Gasteiger partial charge on any atom is -0.355 e. The van der Waals surface area contributed by atoms with E-state index in [-0.39, 0.29) is 5.91 Å². The van der Waals surface area contributed by atoms with Gasteiger partial charge >= 0.3 is 0 Å². The number of nitrogens with zero attached hydrogens (tertiary/aromatic N) is 1. The van der Waals surface area contributed by atoms with Gasteiger partial charge in [0.25, 0.3) is 0 Å². The molecule has 3 nitrogen and oxygen atoms in total. The molecule has 2 aromatic rings. The van der Waals surface area contributed by atoms with Crippen LogP contribution in [0.15, 0.2) is 30.3 Å². The Morgan fingerprint density at radius 1 is 1.29 bits per heavy atom. The number of carbonyl (C=O) groups is 1. The Balaban J connectivity index is 1.83. The molecule has 2 rings (SSSR count). The van der Waals surface area contributed by atoms with Gasteiger partial charge in [0.2, 0.25) is 5.91 Å². The van der Waals surface area contributed by atoms with Gasteiger partial charge in [0.15, 0.2) is 0 Å². The summed E-state index contributed by atoms with van der Waals surface area (Å²) >= 11 is 5.91. The molecule has 112 valence electrons. The average molecular weight is 305 g/mol. The Hall–Kier alpha value is -1.74. The van der Waals surface area contributed by atoms with Gasteiger partial charge in [-0.05, 0) is 49.6 Å². The monoisotopic (exact) mass is 304 g/mol. The number of carbonyl (C=O) groups excluding carboxylic acids is 1. The van der Waals surface area contributed by atoms with E-state index in [1.165, 1.54) is 17.0 Å². The average Bonchev–Trinajstić information content (AvgIpc) is 2.66. The summed E-state index contributed by atoms with van der Waals surface area (Å²) in [6.07, 6.45) is 1.22. The van der Waals surface area contributed by atoms with Crippen molar-refractivity contribution in [3.63, 3.8) is 0 Å². The standard InChI is InChI=1S/C17H21ClN2O/c1-12-9-15(13(2)20(12)3)7-8-19-17(21)11-14-5-4-6-16(18)10-14/h4-6,9-10H,7-8,11H2,1-3H3,(H,19,21). The number of hydrogen-bond acceptors (Lipinski definition) is 1. The van der Waals surface area contributed by atoms with Crippen LogP contribution in [0.25, 0.3) is 0 Å². The third kappa shape index (κ3) is 4.11. The Morgan fingerprint density at radius 2 is 2.05 bits per heavy atom. The lowest BCUT2D eigenvalue weighted by Gasteiger charge is -2.06. The Kier molecular flexibility index (Phi) is 5.07. The third-order valence-electron chi connectivity index (χ3n) is 3.85. The van der Waals surface area contributed by atoms with Gasteiger partial charge in [0.05, 0.1) is 6.42 Å². The second kappa shape index (κ2) is 6.81. The minimum atomic E-state index is 0.0302. The number of aromatic nitrogens is 1. The van der Waals surface area contributed by atoms with Crippen molar-refractivity contribution in [3.8, 4) is 0 Å². The molecule has 1 heterocycles. The van der Waals surface area contributed by atoms with Crippen molar-refractivity contribution < 1.29 is 4.79 Å². The second-order valence-corrected chi connectivity index (χ2v) is 5.80. The molecule has 0 spiro atoms. The topological polar surface area (TPSA) is 34.0 Å². The van der Waals surface area contributed by atoms with E-state index in [4.69, 9.17) is 11.6 Å². The zero-order valence-corrected chi connectivity index (χ0v) is 13.5. The molecule has 21 heavy (non-hydrogen) atoms. The Bertz CT molecular complexity index is 646. The summed E-state index contributed by atoms with van der Waals surface area (Å²) in [5.74, 6) is 0.0302. The Morgan fingerprint density at radius 3 is 2.67 bits per heavy atom. The largest absolute Gasteiger partial charge is 0.355 e. The van der Waals surface area contributed by atoms with Crippen molar-refractivity contribution >= 4 is 17.5 Å². The molecule has 1 amide bonds. The first-order valence-electron chi connectivity index (χ1n) is 7.10. The predicted molar refractivity (Wildman–Crippen MR) is 86.8 cm³/mol. The lowest BCUT2D eigenvalue weighted by atomic mass is 10.1. The maximum absolute atomic E-state index is 11.9. The van der Waals surface area contributed by atoms with E-state index in [0.29, 0.717) is 18.0 Å². The summed E-state index contributed by atoms with van der Waals surface area (Å²) in [5, 5.41) is 3.63. The smallest absolute Gasteiger partial charge is 0.224 e. The molecule has 0 saturated carbocycles. The van der Waals surface area contributed by atoms with Gasteiger partial charge in [0.1, 0.15) is 0 Å². The van der Waals surface area contributed by atoms with Crippen molar-refractivity contribution in [2.24, 2.45) is 7.05 Å². The van der Waals surface area contributed by atoms with Gasteiger partial charge in [-0.1, -0.05) is 23.7 Å². The number of aryl methyl sites for hydroxylation is 1.